The minimum Gasteiger partial charge on any atom is -0.507 e. The number of carboxylic acid groups (broad SMARTS) is 1. The van der Waals surface area contributed by atoms with Crippen LogP contribution in [0.2, 0.25) is 0 Å². The van der Waals surface area contributed by atoms with E-state index in [-0.39, 0.29) is 11.3 Å². The number of aromatic hydroxyl groups is 1. The van der Waals surface area contributed by atoms with E-state index < -0.39 is 5.97 Å². The van der Waals surface area contributed by atoms with Gasteiger partial charge >= 0.3 is 5.97 Å². The molecule has 0 aliphatic carbocycles. The first kappa shape index (κ1) is 13.6. The highest BCUT2D eigenvalue weighted by molar-refractivity contribution is 5.88. The number of aromatic carboxylic acids is 1. The predicted octanol–water partition coefficient (Wildman–Crippen LogP) is 2.85. The molecule has 0 bridgehead atoms. The molecule has 102 valence electrons. The Bertz CT molecular complexity index is 647. The van der Waals surface area contributed by atoms with Gasteiger partial charge in [0.1, 0.15) is 11.5 Å². The van der Waals surface area contributed by atoms with Crippen LogP contribution in [-0.4, -0.2) is 29.5 Å². The summed E-state index contributed by atoms with van der Waals surface area (Å²) in [7, 11) is 1.52. The quantitative estimate of drug-likeness (QED) is 0.838. The SMILES string of the molecule is COc1ccc(C=Nc2ccc(C(=O)O)cc2)c(O)c1. The molecule has 0 radical (unpaired) electrons. The maximum atomic E-state index is 10.7. The van der Waals surface area contributed by atoms with Crippen molar-refractivity contribution in [1.82, 2.24) is 0 Å². The van der Waals surface area contributed by atoms with Crippen LogP contribution in [0.3, 0.4) is 0 Å². The van der Waals surface area contributed by atoms with Crippen LogP contribution in [-0.2, 0) is 0 Å². The fourth-order valence-corrected chi connectivity index (χ4v) is 1.59. The molecule has 2 N–H and O–H groups in total. The van der Waals surface area contributed by atoms with Crippen LogP contribution in [0.5, 0.6) is 11.5 Å². The molecule has 0 spiro atoms. The Balaban J connectivity index is 2.18. The minimum atomic E-state index is -0.978. The zero-order chi connectivity index (χ0) is 14.5. The summed E-state index contributed by atoms with van der Waals surface area (Å²) < 4.78 is 4.99. The Morgan fingerprint density at radius 2 is 1.90 bits per heavy atom. The van der Waals surface area contributed by atoms with E-state index in [4.69, 9.17) is 9.84 Å². The molecular formula is C15H13NO4. The zero-order valence-electron chi connectivity index (χ0n) is 10.8. The molecular weight excluding hydrogens is 258 g/mol. The van der Waals surface area contributed by atoms with E-state index >= 15 is 0 Å². The summed E-state index contributed by atoms with van der Waals surface area (Å²) in [5.41, 5.74) is 1.36. The number of benzene rings is 2. The van der Waals surface area contributed by atoms with Crippen molar-refractivity contribution in [3.05, 3.63) is 53.6 Å². The topological polar surface area (TPSA) is 79.1 Å². The molecule has 0 fully saturated rings. The smallest absolute Gasteiger partial charge is 0.335 e. The highest BCUT2D eigenvalue weighted by Gasteiger charge is 2.02. The summed E-state index contributed by atoms with van der Waals surface area (Å²) in [6.07, 6.45) is 1.50. The number of hydrogen-bond donors (Lipinski definition) is 2. The fraction of sp³-hybridized carbons (Fsp3) is 0.0667. The van der Waals surface area contributed by atoms with E-state index in [0.717, 1.165) is 0 Å². The van der Waals surface area contributed by atoms with Crippen LogP contribution in [0.1, 0.15) is 15.9 Å². The lowest BCUT2D eigenvalue weighted by Crippen LogP contribution is -1.94. The first-order valence-corrected chi connectivity index (χ1v) is 5.84. The fourth-order valence-electron chi connectivity index (χ4n) is 1.59. The van der Waals surface area contributed by atoms with E-state index in [1.54, 1.807) is 24.3 Å². The van der Waals surface area contributed by atoms with Crippen LogP contribution in [0.15, 0.2) is 47.5 Å². The van der Waals surface area contributed by atoms with Gasteiger partial charge in [0.2, 0.25) is 0 Å². The van der Waals surface area contributed by atoms with Gasteiger partial charge in [0.15, 0.2) is 0 Å². The lowest BCUT2D eigenvalue weighted by atomic mass is 10.2. The molecule has 0 amide bonds. The van der Waals surface area contributed by atoms with Crippen LogP contribution >= 0.6 is 0 Å². The first-order valence-electron chi connectivity index (χ1n) is 5.84. The Kier molecular flexibility index (Phi) is 4.00. The van der Waals surface area contributed by atoms with Crippen LogP contribution in [0.4, 0.5) is 5.69 Å². The summed E-state index contributed by atoms with van der Waals surface area (Å²) >= 11 is 0. The van der Waals surface area contributed by atoms with Gasteiger partial charge in [-0.05, 0) is 36.4 Å². The van der Waals surface area contributed by atoms with E-state index in [1.165, 1.54) is 31.5 Å². The van der Waals surface area contributed by atoms with Gasteiger partial charge in [0.25, 0.3) is 0 Å². The summed E-state index contributed by atoms with van der Waals surface area (Å²) in [6.45, 7) is 0. The Morgan fingerprint density at radius 1 is 1.20 bits per heavy atom. The predicted molar refractivity (Wildman–Crippen MR) is 75.3 cm³/mol. The molecule has 2 rings (SSSR count). The maximum absolute atomic E-state index is 10.7. The summed E-state index contributed by atoms with van der Waals surface area (Å²) in [4.78, 5) is 14.9. The third kappa shape index (κ3) is 3.14. The van der Waals surface area contributed by atoms with Crippen LogP contribution < -0.4 is 4.74 Å². The molecule has 0 saturated heterocycles. The van der Waals surface area contributed by atoms with E-state index in [0.29, 0.717) is 17.0 Å². The van der Waals surface area contributed by atoms with Gasteiger partial charge in [-0.25, -0.2) is 4.79 Å². The van der Waals surface area contributed by atoms with Gasteiger partial charge in [-0.3, -0.25) is 4.99 Å². The Labute approximate surface area is 115 Å². The molecule has 5 nitrogen and oxygen atoms in total. The number of aliphatic imine (C=N–C) groups is 1. The van der Waals surface area contributed by atoms with Crippen molar-refractivity contribution in [2.24, 2.45) is 4.99 Å². The molecule has 0 saturated carbocycles. The molecule has 0 heterocycles. The van der Waals surface area contributed by atoms with Crippen molar-refractivity contribution >= 4 is 17.9 Å². The van der Waals surface area contributed by atoms with Crippen molar-refractivity contribution in [3.8, 4) is 11.5 Å². The third-order valence-corrected chi connectivity index (χ3v) is 2.70. The molecule has 0 aliphatic heterocycles. The summed E-state index contributed by atoms with van der Waals surface area (Å²) in [5, 5.41) is 18.6. The van der Waals surface area contributed by atoms with Crippen molar-refractivity contribution in [2.45, 2.75) is 0 Å². The van der Waals surface area contributed by atoms with Crippen LogP contribution in [0.25, 0.3) is 0 Å². The van der Waals surface area contributed by atoms with Gasteiger partial charge < -0.3 is 14.9 Å². The minimum absolute atomic E-state index is 0.0651. The standard InChI is InChI=1S/C15H13NO4/c1-20-13-7-4-11(14(17)8-13)9-16-12-5-2-10(3-6-12)15(18)19/h2-9,17H,1H3,(H,18,19). The van der Waals surface area contributed by atoms with Crippen molar-refractivity contribution in [1.29, 1.82) is 0 Å². The number of phenols is 1. The molecule has 2 aromatic carbocycles. The molecule has 2 aromatic rings. The third-order valence-electron chi connectivity index (χ3n) is 2.70. The number of hydrogen-bond acceptors (Lipinski definition) is 4. The molecule has 0 aromatic heterocycles. The van der Waals surface area contributed by atoms with E-state index in [9.17, 15) is 9.90 Å². The summed E-state index contributed by atoms with van der Waals surface area (Å²) in [6, 6.07) is 11.0. The highest BCUT2D eigenvalue weighted by Crippen LogP contribution is 2.22. The van der Waals surface area contributed by atoms with Crippen LogP contribution in [0, 0.1) is 0 Å². The largest absolute Gasteiger partial charge is 0.507 e. The molecule has 0 atom stereocenters. The van der Waals surface area contributed by atoms with Gasteiger partial charge in [-0.15, -0.1) is 0 Å². The average molecular weight is 271 g/mol. The van der Waals surface area contributed by atoms with E-state index in [2.05, 4.69) is 4.99 Å². The number of ether oxygens (including phenoxy) is 1. The Hall–Kier alpha value is -2.82. The number of phenolic OH excluding ortho intramolecular Hbond substituents is 1. The van der Waals surface area contributed by atoms with Gasteiger partial charge in [-0.1, -0.05) is 0 Å². The number of carboxylic acids is 1. The monoisotopic (exact) mass is 271 g/mol. The lowest BCUT2D eigenvalue weighted by molar-refractivity contribution is 0.0697. The van der Waals surface area contributed by atoms with Gasteiger partial charge in [-0.2, -0.15) is 0 Å². The molecule has 0 aliphatic rings. The lowest BCUT2D eigenvalue weighted by Gasteiger charge is -2.02. The second-order valence-corrected chi connectivity index (χ2v) is 4.03. The summed E-state index contributed by atoms with van der Waals surface area (Å²) in [5.74, 6) is -0.353. The van der Waals surface area contributed by atoms with Gasteiger partial charge in [0.05, 0.1) is 18.4 Å². The van der Waals surface area contributed by atoms with Crippen molar-refractivity contribution < 1.29 is 19.7 Å². The highest BCUT2D eigenvalue weighted by atomic mass is 16.5. The number of nitrogens with zero attached hydrogens (tertiary/aromatic N) is 1. The van der Waals surface area contributed by atoms with E-state index in [1.807, 2.05) is 0 Å². The second kappa shape index (κ2) is 5.88. The number of methoxy groups -OCH3 is 1. The first-order chi connectivity index (χ1) is 9.60. The second-order valence-electron chi connectivity index (χ2n) is 4.03. The maximum Gasteiger partial charge on any atom is 0.335 e. The molecule has 5 heteroatoms. The molecule has 0 unspecified atom stereocenters. The normalized spacial score (nSPS) is 10.7. The Morgan fingerprint density at radius 3 is 2.45 bits per heavy atom. The molecule has 20 heavy (non-hydrogen) atoms. The zero-order valence-corrected chi connectivity index (χ0v) is 10.8. The number of carbonyl (C=O) groups is 1. The van der Waals surface area contributed by atoms with Crippen molar-refractivity contribution in [2.75, 3.05) is 7.11 Å². The van der Waals surface area contributed by atoms with Gasteiger partial charge in [0, 0.05) is 17.8 Å². The van der Waals surface area contributed by atoms with Crippen molar-refractivity contribution in [3.63, 3.8) is 0 Å². The average Bonchev–Trinajstić information content (AvgIpc) is 2.46. The number of rotatable bonds is 4.